The van der Waals surface area contributed by atoms with Gasteiger partial charge in [-0.2, -0.15) is 0 Å². The third-order valence-electron chi connectivity index (χ3n) is 8.08. The highest BCUT2D eigenvalue weighted by atomic mass is 16.5. The van der Waals surface area contributed by atoms with E-state index in [0.717, 1.165) is 79.1 Å². The Bertz CT molecular complexity index is 1520. The van der Waals surface area contributed by atoms with Crippen LogP contribution in [-0.2, 0) is 11.3 Å². The lowest BCUT2D eigenvalue weighted by Crippen LogP contribution is -2.49. The molecule has 2 aliphatic heterocycles. The summed E-state index contributed by atoms with van der Waals surface area (Å²) in [6, 6.07) is 13.9. The number of para-hydroxylation sites is 2. The second-order valence-electron chi connectivity index (χ2n) is 10.5. The molecule has 2 atom stereocenters. The summed E-state index contributed by atoms with van der Waals surface area (Å²) >= 11 is 0. The summed E-state index contributed by atoms with van der Waals surface area (Å²) in [5.41, 5.74) is 4.66. The van der Waals surface area contributed by atoms with Gasteiger partial charge in [-0.1, -0.05) is 24.3 Å². The minimum Gasteiger partial charge on any atom is -0.495 e. The fourth-order valence-corrected chi connectivity index (χ4v) is 5.92. The highest BCUT2D eigenvalue weighted by Crippen LogP contribution is 2.33. The Morgan fingerprint density at radius 3 is 2.67 bits per heavy atom. The number of rotatable bonds is 7. The second kappa shape index (κ2) is 10.8. The van der Waals surface area contributed by atoms with Crippen LogP contribution in [0.25, 0.3) is 10.9 Å². The topological polar surface area (TPSA) is 101 Å². The van der Waals surface area contributed by atoms with Crippen LogP contribution < -0.4 is 15.2 Å². The average Bonchev–Trinajstić information content (AvgIpc) is 3.65. The number of nitrogens with zero attached hydrogens (tertiary/aromatic N) is 6. The molecule has 0 amide bonds. The number of aromatic nitrogens is 5. The van der Waals surface area contributed by atoms with Crippen LogP contribution >= 0.6 is 0 Å². The largest absolute Gasteiger partial charge is 0.495 e. The highest BCUT2D eigenvalue weighted by Gasteiger charge is 2.34. The molecule has 0 aliphatic carbocycles. The summed E-state index contributed by atoms with van der Waals surface area (Å²) in [4.78, 5) is 21.5. The number of fused-ring (bicyclic) bond motifs is 1. The minimum atomic E-state index is -0.394. The molecule has 4 heterocycles. The molecule has 2 aromatic carbocycles. The maximum absolute atomic E-state index is 13.7. The zero-order chi connectivity index (χ0) is 26.9. The molecule has 0 unspecified atom stereocenters. The molecule has 10 nitrogen and oxygen atoms in total. The summed E-state index contributed by atoms with van der Waals surface area (Å²) in [5, 5.41) is 13.9. The summed E-state index contributed by atoms with van der Waals surface area (Å²) in [5.74, 6) is 1.53. The van der Waals surface area contributed by atoms with Gasteiger partial charge in [-0.25, -0.2) is 4.68 Å². The predicted octanol–water partition coefficient (Wildman–Crippen LogP) is 3.23. The number of nitrogens with one attached hydrogen (secondary N) is 1. The molecule has 2 aliphatic rings. The molecule has 0 spiro atoms. The van der Waals surface area contributed by atoms with E-state index < -0.39 is 6.04 Å². The molecule has 0 saturated carbocycles. The maximum atomic E-state index is 13.7. The van der Waals surface area contributed by atoms with Gasteiger partial charge in [0.1, 0.15) is 11.8 Å². The Balaban J connectivity index is 1.39. The van der Waals surface area contributed by atoms with Gasteiger partial charge >= 0.3 is 0 Å². The minimum absolute atomic E-state index is 0.0788. The number of benzene rings is 2. The van der Waals surface area contributed by atoms with Crippen molar-refractivity contribution in [2.75, 3.05) is 44.8 Å². The number of aromatic amines is 1. The third-order valence-corrected chi connectivity index (χ3v) is 8.08. The van der Waals surface area contributed by atoms with Crippen LogP contribution in [0.2, 0.25) is 0 Å². The lowest BCUT2D eigenvalue weighted by Gasteiger charge is -2.40. The number of pyridine rings is 1. The van der Waals surface area contributed by atoms with Gasteiger partial charge in [-0.3, -0.25) is 9.69 Å². The van der Waals surface area contributed by atoms with E-state index in [1.807, 2.05) is 41.9 Å². The van der Waals surface area contributed by atoms with Gasteiger partial charge < -0.3 is 19.4 Å². The number of anilines is 1. The Morgan fingerprint density at radius 1 is 1.10 bits per heavy atom. The van der Waals surface area contributed by atoms with Gasteiger partial charge in [0, 0.05) is 43.7 Å². The SMILES string of the molecule is COc1ccccc1N1CCN([C@@H](c2cc3c(C)ccc(C)c3[nH]c2=O)c2nnnn2C[C@H]2CCCO2)CC1. The lowest BCUT2D eigenvalue weighted by atomic mass is 9.99. The van der Waals surface area contributed by atoms with E-state index in [2.05, 4.69) is 49.4 Å². The Labute approximate surface area is 227 Å². The van der Waals surface area contributed by atoms with Gasteiger partial charge in [0.15, 0.2) is 5.82 Å². The molecule has 39 heavy (non-hydrogen) atoms. The molecular formula is C29H35N7O3. The fourth-order valence-electron chi connectivity index (χ4n) is 5.92. The fraction of sp³-hybridized carbons (Fsp3) is 0.448. The average molecular weight is 530 g/mol. The van der Waals surface area contributed by atoms with Gasteiger partial charge in [-0.15, -0.1) is 5.10 Å². The van der Waals surface area contributed by atoms with Crippen molar-refractivity contribution in [1.82, 2.24) is 30.1 Å². The van der Waals surface area contributed by atoms with E-state index in [-0.39, 0.29) is 11.7 Å². The molecule has 204 valence electrons. The predicted molar refractivity (Wildman–Crippen MR) is 149 cm³/mol. The normalized spacial score (nSPS) is 19.1. The lowest BCUT2D eigenvalue weighted by molar-refractivity contribution is 0.0906. The van der Waals surface area contributed by atoms with Crippen molar-refractivity contribution in [3.8, 4) is 5.75 Å². The molecule has 4 aromatic rings. The molecule has 2 aromatic heterocycles. The van der Waals surface area contributed by atoms with Crippen LogP contribution in [0.4, 0.5) is 5.69 Å². The summed E-state index contributed by atoms with van der Waals surface area (Å²) < 4.78 is 13.3. The van der Waals surface area contributed by atoms with E-state index in [4.69, 9.17) is 9.47 Å². The molecule has 2 saturated heterocycles. The molecular weight excluding hydrogens is 494 g/mol. The number of H-pyrrole nitrogens is 1. The first-order valence-electron chi connectivity index (χ1n) is 13.7. The van der Waals surface area contributed by atoms with E-state index in [1.54, 1.807) is 7.11 Å². The molecule has 10 heteroatoms. The summed E-state index contributed by atoms with van der Waals surface area (Å²) in [7, 11) is 1.70. The van der Waals surface area contributed by atoms with Gasteiger partial charge in [0.05, 0.1) is 31.0 Å². The Kier molecular flexibility index (Phi) is 7.05. The number of hydrogen-bond acceptors (Lipinski definition) is 8. The maximum Gasteiger partial charge on any atom is 0.253 e. The van der Waals surface area contributed by atoms with Crippen molar-refractivity contribution in [2.45, 2.75) is 45.4 Å². The standard InChI is InChI=1S/C29H35N7O3/c1-19-10-11-20(2)26-22(19)17-23(29(37)30-26)27(28-31-32-33-36(28)18-21-7-6-16-39-21)35-14-12-34(13-15-35)24-8-4-5-9-25(24)38-3/h4-5,8-11,17,21,27H,6-7,12-16,18H2,1-3H3,(H,30,37)/t21-,27+/m1/s1. The number of methoxy groups -OCH3 is 1. The van der Waals surface area contributed by atoms with Crippen molar-refractivity contribution >= 4 is 16.6 Å². The molecule has 2 fully saturated rings. The monoisotopic (exact) mass is 529 g/mol. The summed E-state index contributed by atoms with van der Waals surface area (Å²) in [6.07, 6.45) is 2.10. The zero-order valence-electron chi connectivity index (χ0n) is 22.8. The first-order chi connectivity index (χ1) is 19.0. The second-order valence-corrected chi connectivity index (χ2v) is 10.5. The highest BCUT2D eigenvalue weighted by molar-refractivity contribution is 5.85. The molecule has 1 N–H and O–H groups in total. The van der Waals surface area contributed by atoms with Crippen LogP contribution in [-0.4, -0.2) is 76.1 Å². The van der Waals surface area contributed by atoms with E-state index >= 15 is 0 Å². The zero-order valence-corrected chi connectivity index (χ0v) is 22.8. The first kappa shape index (κ1) is 25.5. The van der Waals surface area contributed by atoms with E-state index in [1.165, 1.54) is 0 Å². The number of hydrogen-bond donors (Lipinski definition) is 1. The van der Waals surface area contributed by atoms with Gasteiger partial charge in [0.2, 0.25) is 0 Å². The van der Waals surface area contributed by atoms with Crippen LogP contribution in [0.15, 0.2) is 47.3 Å². The summed E-state index contributed by atoms with van der Waals surface area (Å²) in [6.45, 7) is 8.48. The van der Waals surface area contributed by atoms with Crippen LogP contribution in [0.5, 0.6) is 5.75 Å². The quantitative estimate of drug-likeness (QED) is 0.390. The number of tetrazole rings is 1. The van der Waals surface area contributed by atoms with Crippen molar-refractivity contribution in [1.29, 1.82) is 0 Å². The van der Waals surface area contributed by atoms with E-state index in [9.17, 15) is 4.79 Å². The van der Waals surface area contributed by atoms with Crippen molar-refractivity contribution in [3.05, 3.63) is 75.3 Å². The molecule has 0 bridgehead atoms. The Hall–Kier alpha value is -3.76. The van der Waals surface area contributed by atoms with Gasteiger partial charge in [-0.05, 0) is 66.4 Å². The van der Waals surface area contributed by atoms with Crippen molar-refractivity contribution in [3.63, 3.8) is 0 Å². The first-order valence-corrected chi connectivity index (χ1v) is 13.7. The van der Waals surface area contributed by atoms with Gasteiger partial charge in [0.25, 0.3) is 5.56 Å². The van der Waals surface area contributed by atoms with E-state index in [0.29, 0.717) is 17.9 Å². The van der Waals surface area contributed by atoms with Crippen molar-refractivity contribution < 1.29 is 9.47 Å². The molecule has 6 rings (SSSR count). The van der Waals surface area contributed by atoms with Crippen LogP contribution in [0, 0.1) is 13.8 Å². The Morgan fingerprint density at radius 2 is 1.90 bits per heavy atom. The number of aryl methyl sites for hydroxylation is 2. The smallest absolute Gasteiger partial charge is 0.253 e. The number of piperazine rings is 1. The van der Waals surface area contributed by atoms with Crippen molar-refractivity contribution in [2.24, 2.45) is 0 Å². The van der Waals surface area contributed by atoms with Crippen LogP contribution in [0.3, 0.4) is 0 Å². The number of ether oxygens (including phenoxy) is 2. The molecule has 0 radical (unpaired) electrons. The third kappa shape index (κ3) is 4.90. The van der Waals surface area contributed by atoms with Crippen LogP contribution in [0.1, 0.15) is 41.4 Å².